The van der Waals surface area contributed by atoms with Crippen molar-refractivity contribution in [3.63, 3.8) is 0 Å². The number of benzene rings is 1. The highest BCUT2D eigenvalue weighted by molar-refractivity contribution is 6.21. The molecule has 0 spiro atoms. The maximum Gasteiger partial charge on any atom is 0.328 e. The van der Waals surface area contributed by atoms with Gasteiger partial charge in [-0.25, -0.2) is 17.6 Å². The van der Waals surface area contributed by atoms with Gasteiger partial charge in [0.2, 0.25) is 5.92 Å². The molecule has 0 bridgehead atoms. The van der Waals surface area contributed by atoms with Gasteiger partial charge in [-0.15, -0.1) is 0 Å². The smallest absolute Gasteiger partial charge is 0.328 e. The van der Waals surface area contributed by atoms with Crippen molar-refractivity contribution in [2.75, 3.05) is 13.2 Å². The summed E-state index contributed by atoms with van der Waals surface area (Å²) >= 11 is 0. The van der Waals surface area contributed by atoms with Gasteiger partial charge in [0.1, 0.15) is 5.82 Å². The Hall–Kier alpha value is -2.45. The predicted molar refractivity (Wildman–Crippen MR) is 67.4 cm³/mol. The van der Waals surface area contributed by atoms with Gasteiger partial charge in [0.05, 0.1) is 18.8 Å². The topological polar surface area (TPSA) is 69.7 Å². The zero-order chi connectivity index (χ0) is 17.7. The molecule has 126 valence electrons. The highest BCUT2D eigenvalue weighted by atomic mass is 19.2. The highest BCUT2D eigenvalue weighted by Gasteiger charge is 2.41. The molecule has 0 unspecified atom stereocenters. The van der Waals surface area contributed by atoms with Crippen LogP contribution in [0.2, 0.25) is 0 Å². The number of hydrogen-bond acceptors (Lipinski definition) is 5. The standard InChI is InChI=1S/C14H12F4O5/c1-3-22-13(20)9(14(21)23-4-2)12(19)8-6(15)5-7(16)10(17)11(8)18/h5,9H,3-4H2,1-2H3. The molecule has 0 N–H and O–H groups in total. The van der Waals surface area contributed by atoms with Crippen LogP contribution in [0, 0.1) is 29.2 Å². The molecule has 0 amide bonds. The molecule has 0 radical (unpaired) electrons. The maximum atomic E-state index is 13.7. The first kappa shape index (κ1) is 18.6. The van der Waals surface area contributed by atoms with E-state index in [0.29, 0.717) is 0 Å². The third-order valence-corrected chi connectivity index (χ3v) is 2.67. The lowest BCUT2D eigenvalue weighted by atomic mass is 9.96. The predicted octanol–water partition coefficient (Wildman–Crippen LogP) is 2.17. The molecule has 0 aliphatic carbocycles. The Morgan fingerprint density at radius 3 is 1.83 bits per heavy atom. The summed E-state index contributed by atoms with van der Waals surface area (Å²) in [5, 5.41) is 0. The van der Waals surface area contributed by atoms with Gasteiger partial charge in [0.15, 0.2) is 23.2 Å². The molecule has 23 heavy (non-hydrogen) atoms. The fourth-order valence-corrected chi connectivity index (χ4v) is 1.70. The van der Waals surface area contributed by atoms with Gasteiger partial charge in [0, 0.05) is 6.07 Å². The largest absolute Gasteiger partial charge is 0.465 e. The number of ketones is 1. The van der Waals surface area contributed by atoms with Crippen molar-refractivity contribution in [3.05, 3.63) is 34.9 Å². The highest BCUT2D eigenvalue weighted by Crippen LogP contribution is 2.23. The minimum Gasteiger partial charge on any atom is -0.465 e. The van der Waals surface area contributed by atoms with Crippen molar-refractivity contribution in [2.24, 2.45) is 5.92 Å². The molecule has 0 aliphatic heterocycles. The zero-order valence-corrected chi connectivity index (χ0v) is 12.1. The third kappa shape index (κ3) is 3.85. The van der Waals surface area contributed by atoms with Crippen molar-refractivity contribution in [1.29, 1.82) is 0 Å². The molecule has 1 aromatic rings. The Balaban J connectivity index is 3.38. The van der Waals surface area contributed by atoms with E-state index in [0.717, 1.165) is 0 Å². The molecule has 0 saturated heterocycles. The summed E-state index contributed by atoms with van der Waals surface area (Å²) in [6.07, 6.45) is 0. The van der Waals surface area contributed by atoms with Crippen molar-refractivity contribution < 1.29 is 41.4 Å². The van der Waals surface area contributed by atoms with Crippen LogP contribution < -0.4 is 0 Å². The normalized spacial score (nSPS) is 10.6. The molecular weight excluding hydrogens is 324 g/mol. The lowest BCUT2D eigenvalue weighted by molar-refractivity contribution is -0.158. The molecule has 9 heteroatoms. The van der Waals surface area contributed by atoms with E-state index in [-0.39, 0.29) is 19.3 Å². The van der Waals surface area contributed by atoms with Crippen LogP contribution in [-0.2, 0) is 19.1 Å². The second-order valence-electron chi connectivity index (χ2n) is 4.14. The fourth-order valence-electron chi connectivity index (χ4n) is 1.70. The summed E-state index contributed by atoms with van der Waals surface area (Å²) < 4.78 is 62.3. The zero-order valence-electron chi connectivity index (χ0n) is 12.1. The maximum absolute atomic E-state index is 13.7. The van der Waals surface area contributed by atoms with E-state index >= 15 is 0 Å². The fraction of sp³-hybridized carbons (Fsp3) is 0.357. The van der Waals surface area contributed by atoms with Gasteiger partial charge in [0.25, 0.3) is 0 Å². The van der Waals surface area contributed by atoms with E-state index in [4.69, 9.17) is 0 Å². The molecule has 0 aromatic heterocycles. The quantitative estimate of drug-likeness (QED) is 0.199. The summed E-state index contributed by atoms with van der Waals surface area (Å²) in [5.41, 5.74) is -1.56. The van der Waals surface area contributed by atoms with E-state index < -0.39 is 52.5 Å². The van der Waals surface area contributed by atoms with E-state index in [1.807, 2.05) is 0 Å². The molecular formula is C14H12F4O5. The van der Waals surface area contributed by atoms with E-state index in [1.165, 1.54) is 13.8 Å². The van der Waals surface area contributed by atoms with Gasteiger partial charge in [-0.05, 0) is 13.8 Å². The average Bonchev–Trinajstić information content (AvgIpc) is 2.45. The monoisotopic (exact) mass is 336 g/mol. The molecule has 0 aliphatic rings. The van der Waals surface area contributed by atoms with Crippen molar-refractivity contribution in [2.45, 2.75) is 13.8 Å². The van der Waals surface area contributed by atoms with Crippen LogP contribution in [0.5, 0.6) is 0 Å². The van der Waals surface area contributed by atoms with Gasteiger partial charge in [-0.2, -0.15) is 0 Å². The van der Waals surface area contributed by atoms with Crippen LogP contribution >= 0.6 is 0 Å². The third-order valence-electron chi connectivity index (χ3n) is 2.67. The summed E-state index contributed by atoms with van der Waals surface area (Å²) in [6.45, 7) is 2.27. The van der Waals surface area contributed by atoms with Crippen LogP contribution in [0.25, 0.3) is 0 Å². The molecule has 5 nitrogen and oxygen atoms in total. The lowest BCUT2D eigenvalue weighted by Gasteiger charge is -2.14. The average molecular weight is 336 g/mol. The first-order valence-electron chi connectivity index (χ1n) is 6.46. The summed E-state index contributed by atoms with van der Waals surface area (Å²) in [5.74, 6) is -14.8. The number of carbonyl (C=O) groups is 3. The van der Waals surface area contributed by atoms with Crippen LogP contribution in [0.3, 0.4) is 0 Å². The molecule has 1 rings (SSSR count). The number of esters is 2. The molecule has 0 heterocycles. The molecule has 0 fully saturated rings. The minimum absolute atomic E-state index is 0.0704. The summed E-state index contributed by atoms with van der Waals surface area (Å²) in [4.78, 5) is 35.5. The Bertz CT molecular complexity index is 627. The Kier molecular flexibility index (Phi) is 6.23. The second-order valence-corrected chi connectivity index (χ2v) is 4.14. The van der Waals surface area contributed by atoms with Crippen LogP contribution in [-0.4, -0.2) is 30.9 Å². The van der Waals surface area contributed by atoms with Gasteiger partial charge >= 0.3 is 11.9 Å². The van der Waals surface area contributed by atoms with Crippen LogP contribution in [0.15, 0.2) is 6.07 Å². The van der Waals surface area contributed by atoms with Crippen molar-refractivity contribution in [3.8, 4) is 0 Å². The van der Waals surface area contributed by atoms with Gasteiger partial charge < -0.3 is 9.47 Å². The summed E-state index contributed by atoms with van der Waals surface area (Å²) in [7, 11) is 0. The number of carbonyl (C=O) groups excluding carboxylic acids is 3. The SMILES string of the molecule is CCOC(=O)C(C(=O)OCC)C(=O)c1c(F)cc(F)c(F)c1F. The second kappa shape index (κ2) is 7.70. The number of ether oxygens (including phenoxy) is 2. The Labute approximate surface area is 128 Å². The van der Waals surface area contributed by atoms with E-state index in [2.05, 4.69) is 9.47 Å². The summed E-state index contributed by atoms with van der Waals surface area (Å²) in [6, 6.07) is -0.0704. The van der Waals surface area contributed by atoms with Crippen molar-refractivity contribution in [1.82, 2.24) is 0 Å². The number of Topliss-reactive ketones (excluding diaryl/α,β-unsaturated/α-hetero) is 1. The van der Waals surface area contributed by atoms with E-state index in [9.17, 15) is 31.9 Å². The first-order valence-corrected chi connectivity index (χ1v) is 6.46. The van der Waals surface area contributed by atoms with Crippen LogP contribution in [0.1, 0.15) is 24.2 Å². The van der Waals surface area contributed by atoms with Gasteiger partial charge in [-0.3, -0.25) is 14.4 Å². The van der Waals surface area contributed by atoms with E-state index in [1.54, 1.807) is 0 Å². The van der Waals surface area contributed by atoms with Crippen LogP contribution in [0.4, 0.5) is 17.6 Å². The number of rotatable bonds is 6. The lowest BCUT2D eigenvalue weighted by Crippen LogP contribution is -2.36. The molecule has 0 atom stereocenters. The van der Waals surface area contributed by atoms with Gasteiger partial charge in [-0.1, -0.05) is 0 Å². The van der Waals surface area contributed by atoms with Crippen molar-refractivity contribution >= 4 is 17.7 Å². The Morgan fingerprint density at radius 1 is 0.913 bits per heavy atom. The first-order chi connectivity index (χ1) is 10.8. The molecule has 1 aromatic carbocycles. The molecule has 0 saturated carbocycles. The number of halogens is 4. The minimum atomic E-state index is -2.34. The Morgan fingerprint density at radius 2 is 1.39 bits per heavy atom. The number of hydrogen-bond donors (Lipinski definition) is 0.